The van der Waals surface area contributed by atoms with Gasteiger partial charge in [-0.2, -0.15) is 0 Å². The van der Waals surface area contributed by atoms with Gasteiger partial charge in [0.2, 0.25) is 0 Å². The number of rotatable bonds is 1. The van der Waals surface area contributed by atoms with E-state index in [9.17, 15) is 5.11 Å². The second-order valence-electron chi connectivity index (χ2n) is 2.68. The van der Waals surface area contributed by atoms with E-state index in [1.165, 1.54) is 11.3 Å². The van der Waals surface area contributed by atoms with Crippen LogP contribution >= 0.6 is 11.3 Å². The quantitative estimate of drug-likeness (QED) is 0.541. The van der Waals surface area contributed by atoms with E-state index in [2.05, 4.69) is 0 Å². The number of hydrogen-bond donors (Lipinski definition) is 2. The lowest BCUT2D eigenvalue weighted by atomic mass is 10.2. The van der Waals surface area contributed by atoms with Crippen molar-refractivity contribution in [2.45, 2.75) is 0 Å². The molecular weight excluding hydrogens is 186 g/mol. The van der Waals surface area contributed by atoms with E-state index in [4.69, 9.17) is 10.5 Å². The number of hydrogen-bond acceptors (Lipinski definition) is 4. The van der Waals surface area contributed by atoms with E-state index < -0.39 is 0 Å². The third kappa shape index (κ3) is 1.10. The van der Waals surface area contributed by atoms with Gasteiger partial charge in [0.05, 0.1) is 17.5 Å². The third-order valence-corrected chi connectivity index (χ3v) is 2.85. The van der Waals surface area contributed by atoms with Crippen molar-refractivity contribution < 1.29 is 9.84 Å². The minimum absolute atomic E-state index is 0.144. The van der Waals surface area contributed by atoms with Gasteiger partial charge in [0.1, 0.15) is 5.75 Å². The highest BCUT2D eigenvalue weighted by Crippen LogP contribution is 2.40. The number of nitrogens with two attached hydrogens (primary N) is 1. The molecule has 3 N–H and O–H groups in total. The average molecular weight is 195 g/mol. The first-order valence-corrected chi connectivity index (χ1v) is 4.64. The molecule has 0 aliphatic heterocycles. The van der Waals surface area contributed by atoms with Crippen LogP contribution in [-0.4, -0.2) is 12.2 Å². The number of anilines is 1. The van der Waals surface area contributed by atoms with E-state index in [-0.39, 0.29) is 5.75 Å². The highest BCUT2D eigenvalue weighted by atomic mass is 32.1. The summed E-state index contributed by atoms with van der Waals surface area (Å²) in [6, 6.07) is 3.53. The van der Waals surface area contributed by atoms with Crippen LogP contribution < -0.4 is 10.5 Å². The van der Waals surface area contributed by atoms with Gasteiger partial charge in [-0.3, -0.25) is 0 Å². The van der Waals surface area contributed by atoms with E-state index in [1.807, 2.05) is 11.4 Å². The van der Waals surface area contributed by atoms with Gasteiger partial charge >= 0.3 is 0 Å². The highest BCUT2D eigenvalue weighted by molar-refractivity contribution is 7.17. The number of ether oxygens (including phenoxy) is 1. The summed E-state index contributed by atoms with van der Waals surface area (Å²) in [6.07, 6.45) is 0. The molecule has 4 heteroatoms. The Labute approximate surface area is 79.4 Å². The molecule has 0 aliphatic carbocycles. The molecule has 0 saturated heterocycles. The molecule has 1 aromatic carbocycles. The molecule has 0 radical (unpaired) electrons. The first-order valence-electron chi connectivity index (χ1n) is 3.76. The predicted octanol–water partition coefficient (Wildman–Crippen LogP) is 2.20. The summed E-state index contributed by atoms with van der Waals surface area (Å²) in [6.45, 7) is 0. The van der Waals surface area contributed by atoms with Gasteiger partial charge in [-0.25, -0.2) is 0 Å². The Morgan fingerprint density at radius 1 is 1.54 bits per heavy atom. The largest absolute Gasteiger partial charge is 0.504 e. The number of fused-ring (bicyclic) bond motifs is 1. The van der Waals surface area contributed by atoms with E-state index >= 15 is 0 Å². The summed E-state index contributed by atoms with van der Waals surface area (Å²) in [4.78, 5) is 0. The number of methoxy groups -OCH3 is 1. The Bertz CT molecular complexity index is 450. The molecule has 0 saturated carbocycles. The van der Waals surface area contributed by atoms with Crippen LogP contribution in [0.2, 0.25) is 0 Å². The number of thiophene rings is 1. The normalized spacial score (nSPS) is 10.5. The van der Waals surface area contributed by atoms with Crippen LogP contribution in [0, 0.1) is 0 Å². The van der Waals surface area contributed by atoms with Gasteiger partial charge in [-0.05, 0) is 11.4 Å². The van der Waals surface area contributed by atoms with Crippen molar-refractivity contribution in [3.05, 3.63) is 17.5 Å². The first kappa shape index (κ1) is 8.19. The molecule has 2 rings (SSSR count). The average Bonchev–Trinajstić information content (AvgIpc) is 2.60. The lowest BCUT2D eigenvalue weighted by Gasteiger charge is -2.05. The molecule has 68 valence electrons. The molecular formula is C9H9NO2S. The van der Waals surface area contributed by atoms with Crippen molar-refractivity contribution in [2.24, 2.45) is 0 Å². The molecule has 0 amide bonds. The summed E-state index contributed by atoms with van der Waals surface area (Å²) in [5.74, 6) is 0.845. The monoisotopic (exact) mass is 195 g/mol. The van der Waals surface area contributed by atoms with Crippen LogP contribution in [0.25, 0.3) is 10.1 Å². The van der Waals surface area contributed by atoms with Crippen LogP contribution in [0.3, 0.4) is 0 Å². The third-order valence-electron chi connectivity index (χ3n) is 1.93. The molecule has 0 unspecified atom stereocenters. The van der Waals surface area contributed by atoms with Crippen LogP contribution in [0.4, 0.5) is 5.69 Å². The number of benzene rings is 1. The lowest BCUT2D eigenvalue weighted by Crippen LogP contribution is -1.89. The fraction of sp³-hybridized carbons (Fsp3) is 0.111. The number of phenols is 1. The lowest BCUT2D eigenvalue weighted by molar-refractivity contribution is 0.419. The molecule has 2 aromatic rings. The summed E-state index contributed by atoms with van der Waals surface area (Å²) < 4.78 is 5.91. The van der Waals surface area contributed by atoms with Gasteiger partial charge in [0, 0.05) is 11.5 Å². The maximum Gasteiger partial charge on any atom is 0.156 e. The van der Waals surface area contributed by atoms with Crippen LogP contribution in [-0.2, 0) is 0 Å². The van der Waals surface area contributed by atoms with Gasteiger partial charge in [-0.15, -0.1) is 11.3 Å². The van der Waals surface area contributed by atoms with Crippen LogP contribution in [0.15, 0.2) is 17.5 Å². The van der Waals surface area contributed by atoms with Crippen molar-refractivity contribution in [2.75, 3.05) is 12.8 Å². The van der Waals surface area contributed by atoms with Gasteiger partial charge in [0.25, 0.3) is 0 Å². The van der Waals surface area contributed by atoms with Crippen molar-refractivity contribution in [1.29, 1.82) is 0 Å². The predicted molar refractivity (Wildman–Crippen MR) is 54.5 cm³/mol. The smallest absolute Gasteiger partial charge is 0.156 e. The first-order chi connectivity index (χ1) is 6.24. The standard InChI is InChI=1S/C9H9NO2S/c1-12-7-4-6(10)8(11)9-5(7)2-3-13-9/h2-4,11H,10H2,1H3. The van der Waals surface area contributed by atoms with Crippen molar-refractivity contribution in [1.82, 2.24) is 0 Å². The highest BCUT2D eigenvalue weighted by Gasteiger charge is 2.10. The Morgan fingerprint density at radius 3 is 3.00 bits per heavy atom. The van der Waals surface area contributed by atoms with E-state index in [0.29, 0.717) is 11.4 Å². The SMILES string of the molecule is COc1cc(N)c(O)c2sccc12. The molecule has 1 heterocycles. The molecule has 1 aromatic heterocycles. The zero-order valence-corrected chi connectivity index (χ0v) is 7.89. The fourth-order valence-electron chi connectivity index (χ4n) is 1.27. The minimum Gasteiger partial charge on any atom is -0.504 e. The van der Waals surface area contributed by atoms with Gasteiger partial charge in [0.15, 0.2) is 5.75 Å². The molecule has 0 spiro atoms. The minimum atomic E-state index is 0.144. The van der Waals surface area contributed by atoms with Crippen molar-refractivity contribution >= 4 is 27.1 Å². The maximum atomic E-state index is 9.60. The number of nitrogen functional groups attached to an aromatic ring is 1. The summed E-state index contributed by atoms with van der Waals surface area (Å²) in [5, 5.41) is 12.4. The summed E-state index contributed by atoms with van der Waals surface area (Å²) in [5.41, 5.74) is 5.95. The van der Waals surface area contributed by atoms with Crippen LogP contribution in [0.5, 0.6) is 11.5 Å². The van der Waals surface area contributed by atoms with Crippen molar-refractivity contribution in [3.8, 4) is 11.5 Å². The van der Waals surface area contributed by atoms with Crippen molar-refractivity contribution in [3.63, 3.8) is 0 Å². The second-order valence-corrected chi connectivity index (χ2v) is 3.60. The summed E-state index contributed by atoms with van der Waals surface area (Å²) in [7, 11) is 1.59. The summed E-state index contributed by atoms with van der Waals surface area (Å²) >= 11 is 1.45. The maximum absolute atomic E-state index is 9.60. The number of aromatic hydroxyl groups is 1. The van der Waals surface area contributed by atoms with Gasteiger partial charge in [-0.1, -0.05) is 0 Å². The topological polar surface area (TPSA) is 55.5 Å². The number of phenolic OH excluding ortho intramolecular Hbond substituents is 1. The van der Waals surface area contributed by atoms with Crippen LogP contribution in [0.1, 0.15) is 0 Å². The Kier molecular flexibility index (Phi) is 1.77. The molecule has 0 atom stereocenters. The van der Waals surface area contributed by atoms with Gasteiger partial charge < -0.3 is 15.6 Å². The zero-order valence-electron chi connectivity index (χ0n) is 7.07. The van der Waals surface area contributed by atoms with E-state index in [1.54, 1.807) is 13.2 Å². The van der Waals surface area contributed by atoms with E-state index in [0.717, 1.165) is 10.1 Å². The molecule has 0 bridgehead atoms. The molecule has 13 heavy (non-hydrogen) atoms. The Morgan fingerprint density at radius 2 is 2.31 bits per heavy atom. The second kappa shape index (κ2) is 2.81. The zero-order chi connectivity index (χ0) is 9.42. The Balaban J connectivity index is 2.87. The fourth-order valence-corrected chi connectivity index (χ4v) is 2.14. The molecule has 3 nitrogen and oxygen atoms in total. The molecule has 0 aliphatic rings. The Hall–Kier alpha value is -1.42. The molecule has 0 fully saturated rings.